The summed E-state index contributed by atoms with van der Waals surface area (Å²) < 4.78 is 13.8. The van der Waals surface area contributed by atoms with Gasteiger partial charge in [-0.2, -0.15) is 0 Å². The van der Waals surface area contributed by atoms with Gasteiger partial charge in [-0.05, 0) is 48.4 Å². The van der Waals surface area contributed by atoms with Crippen molar-refractivity contribution in [2.75, 3.05) is 15.6 Å². The third-order valence-corrected chi connectivity index (χ3v) is 7.50. The Hall–Kier alpha value is -2.83. The van der Waals surface area contributed by atoms with Crippen LogP contribution in [0.2, 0.25) is 5.02 Å². The molecule has 1 fully saturated rings. The van der Waals surface area contributed by atoms with Crippen LogP contribution >= 0.6 is 23.4 Å². The number of carbonyl (C=O) groups is 2. The van der Waals surface area contributed by atoms with E-state index >= 15 is 0 Å². The molecule has 1 atom stereocenters. The highest BCUT2D eigenvalue weighted by atomic mass is 35.5. The van der Waals surface area contributed by atoms with Gasteiger partial charge in [0.05, 0.1) is 18.0 Å². The number of halogens is 2. The predicted octanol–water partition coefficient (Wildman–Crippen LogP) is 5.27. The van der Waals surface area contributed by atoms with Gasteiger partial charge in [0, 0.05) is 16.3 Å². The van der Waals surface area contributed by atoms with Gasteiger partial charge < -0.3 is 4.90 Å². The summed E-state index contributed by atoms with van der Waals surface area (Å²) in [7, 11) is 0. The highest BCUT2D eigenvalue weighted by molar-refractivity contribution is 8.02. The van der Waals surface area contributed by atoms with Crippen molar-refractivity contribution in [2.24, 2.45) is 0 Å². The Labute approximate surface area is 188 Å². The highest BCUT2D eigenvalue weighted by Gasteiger charge is 2.60. The first-order chi connectivity index (χ1) is 14.9. The maximum Gasteiger partial charge on any atom is 0.269 e. The van der Waals surface area contributed by atoms with Crippen molar-refractivity contribution in [1.82, 2.24) is 0 Å². The fourth-order valence-corrected chi connectivity index (χ4v) is 5.79. The zero-order chi connectivity index (χ0) is 21.8. The number of fused-ring (bicyclic) bond motifs is 2. The van der Waals surface area contributed by atoms with E-state index in [-0.39, 0.29) is 29.9 Å². The van der Waals surface area contributed by atoms with Crippen molar-refractivity contribution >= 4 is 46.6 Å². The maximum atomic E-state index is 13.9. The minimum atomic E-state index is -1.21. The average Bonchev–Trinajstić information content (AvgIpc) is 3.22. The number of aryl methyl sites for hydroxylation is 1. The van der Waals surface area contributed by atoms with E-state index in [0.717, 1.165) is 16.8 Å². The molecule has 0 bridgehead atoms. The number of rotatable bonds is 3. The van der Waals surface area contributed by atoms with Crippen molar-refractivity contribution in [3.05, 3.63) is 94.3 Å². The Kier molecular flexibility index (Phi) is 4.79. The molecular formula is C24H18ClFN2O2S. The summed E-state index contributed by atoms with van der Waals surface area (Å²) >= 11 is 7.66. The molecule has 0 aliphatic carbocycles. The molecule has 0 radical (unpaired) electrons. The number of para-hydroxylation sites is 1. The van der Waals surface area contributed by atoms with Gasteiger partial charge in [0.25, 0.3) is 5.91 Å². The van der Waals surface area contributed by atoms with E-state index in [4.69, 9.17) is 11.6 Å². The van der Waals surface area contributed by atoms with E-state index in [0.29, 0.717) is 16.3 Å². The van der Waals surface area contributed by atoms with E-state index in [1.165, 1.54) is 23.9 Å². The molecule has 1 saturated heterocycles. The van der Waals surface area contributed by atoms with Gasteiger partial charge in [-0.1, -0.05) is 48.0 Å². The molecule has 0 aromatic heterocycles. The largest absolute Gasteiger partial charge is 0.304 e. The Morgan fingerprint density at radius 3 is 2.65 bits per heavy atom. The molecule has 3 aromatic carbocycles. The highest BCUT2D eigenvalue weighted by Crippen LogP contribution is 2.56. The van der Waals surface area contributed by atoms with Crippen LogP contribution in [0, 0.1) is 12.7 Å². The van der Waals surface area contributed by atoms with Crippen molar-refractivity contribution in [3.63, 3.8) is 0 Å². The van der Waals surface area contributed by atoms with Crippen LogP contribution in [-0.4, -0.2) is 17.6 Å². The van der Waals surface area contributed by atoms with Crippen LogP contribution in [0.4, 0.5) is 15.8 Å². The first kappa shape index (κ1) is 20.1. The van der Waals surface area contributed by atoms with E-state index in [9.17, 15) is 14.0 Å². The molecule has 156 valence electrons. The van der Waals surface area contributed by atoms with Gasteiger partial charge in [0.15, 0.2) is 0 Å². The predicted molar refractivity (Wildman–Crippen MR) is 122 cm³/mol. The van der Waals surface area contributed by atoms with Gasteiger partial charge >= 0.3 is 0 Å². The number of benzene rings is 3. The van der Waals surface area contributed by atoms with E-state index in [1.54, 1.807) is 28.0 Å². The summed E-state index contributed by atoms with van der Waals surface area (Å²) in [5.74, 6) is -0.543. The van der Waals surface area contributed by atoms with Gasteiger partial charge in [-0.3, -0.25) is 14.5 Å². The molecule has 5 rings (SSSR count). The van der Waals surface area contributed by atoms with E-state index in [2.05, 4.69) is 0 Å². The van der Waals surface area contributed by atoms with Crippen molar-refractivity contribution < 1.29 is 14.0 Å². The summed E-state index contributed by atoms with van der Waals surface area (Å²) in [6.45, 7) is 2.10. The SMILES string of the molecule is Cc1ccc(N2C(=O)CS[C@@]23C(=O)N(Cc2cccc(F)c2)c2ccccc23)cc1Cl. The standard InChI is InChI=1S/C24H18ClFN2O2S/c1-15-9-10-18(12-20(15)25)28-22(29)14-31-24(28)19-7-2-3-8-21(19)27(23(24)30)13-16-5-4-6-17(26)11-16/h2-12H,13-14H2,1H3/t24-/m0/s1. The van der Waals surface area contributed by atoms with Crippen LogP contribution in [0.5, 0.6) is 0 Å². The zero-order valence-corrected chi connectivity index (χ0v) is 18.2. The molecule has 31 heavy (non-hydrogen) atoms. The van der Waals surface area contributed by atoms with Crippen LogP contribution in [0.3, 0.4) is 0 Å². The molecule has 2 amide bonds. The van der Waals surface area contributed by atoms with Crippen molar-refractivity contribution in [2.45, 2.75) is 18.3 Å². The van der Waals surface area contributed by atoms with E-state index < -0.39 is 4.87 Å². The molecule has 0 unspecified atom stereocenters. The first-order valence-electron chi connectivity index (χ1n) is 9.81. The third kappa shape index (κ3) is 3.05. The number of anilines is 2. The minimum Gasteiger partial charge on any atom is -0.304 e. The lowest BCUT2D eigenvalue weighted by atomic mass is 10.0. The van der Waals surface area contributed by atoms with Gasteiger partial charge in [0.1, 0.15) is 5.82 Å². The van der Waals surface area contributed by atoms with Crippen molar-refractivity contribution in [3.8, 4) is 0 Å². The number of carbonyl (C=O) groups excluding carboxylic acids is 2. The van der Waals surface area contributed by atoms with Crippen LogP contribution in [0.15, 0.2) is 66.7 Å². The summed E-state index contributed by atoms with van der Waals surface area (Å²) in [4.78, 5) is 29.0. The molecular weight excluding hydrogens is 435 g/mol. The van der Waals surface area contributed by atoms with Crippen LogP contribution in [0.25, 0.3) is 0 Å². The van der Waals surface area contributed by atoms with Crippen molar-refractivity contribution in [1.29, 1.82) is 0 Å². The maximum absolute atomic E-state index is 13.9. The summed E-state index contributed by atoms with van der Waals surface area (Å²) in [5, 5.41) is 0.535. The van der Waals surface area contributed by atoms with Gasteiger partial charge in [-0.25, -0.2) is 4.39 Å². The molecule has 2 heterocycles. The molecule has 2 aliphatic rings. The number of nitrogens with zero attached hydrogens (tertiary/aromatic N) is 2. The molecule has 7 heteroatoms. The molecule has 4 nitrogen and oxygen atoms in total. The van der Waals surface area contributed by atoms with Gasteiger partial charge in [-0.15, -0.1) is 11.8 Å². The van der Waals surface area contributed by atoms with Crippen LogP contribution in [0.1, 0.15) is 16.7 Å². The summed E-state index contributed by atoms with van der Waals surface area (Å²) in [6.07, 6.45) is 0. The molecule has 3 aromatic rings. The second-order valence-corrected chi connectivity index (χ2v) is 9.21. The zero-order valence-electron chi connectivity index (χ0n) is 16.6. The molecule has 0 N–H and O–H groups in total. The fraction of sp³-hybridized carbons (Fsp3) is 0.167. The Bertz CT molecular complexity index is 1230. The normalized spacial score (nSPS) is 20.1. The fourth-order valence-electron chi connectivity index (χ4n) is 4.25. The number of hydrogen-bond acceptors (Lipinski definition) is 3. The molecule has 1 spiro atoms. The Balaban J connectivity index is 1.65. The average molecular weight is 453 g/mol. The molecule has 2 aliphatic heterocycles. The summed E-state index contributed by atoms with van der Waals surface area (Å²) in [5.41, 5.74) is 3.64. The first-order valence-corrected chi connectivity index (χ1v) is 11.2. The Morgan fingerprint density at radius 2 is 1.87 bits per heavy atom. The summed E-state index contributed by atoms with van der Waals surface area (Å²) in [6, 6.07) is 19.1. The van der Waals surface area contributed by atoms with Crippen LogP contribution in [-0.2, 0) is 21.0 Å². The quantitative estimate of drug-likeness (QED) is 0.543. The molecule has 0 saturated carbocycles. The second-order valence-electron chi connectivity index (χ2n) is 7.63. The third-order valence-electron chi connectivity index (χ3n) is 5.71. The van der Waals surface area contributed by atoms with Gasteiger partial charge in [0.2, 0.25) is 10.8 Å². The smallest absolute Gasteiger partial charge is 0.269 e. The minimum absolute atomic E-state index is 0.152. The number of thioether (sulfide) groups is 1. The van der Waals surface area contributed by atoms with Crippen LogP contribution < -0.4 is 9.80 Å². The second kappa shape index (κ2) is 7.39. The monoisotopic (exact) mass is 452 g/mol. The lowest BCUT2D eigenvalue weighted by Crippen LogP contribution is -2.49. The van der Waals surface area contributed by atoms with E-state index in [1.807, 2.05) is 43.3 Å². The lowest BCUT2D eigenvalue weighted by Gasteiger charge is -2.33. The number of amides is 2. The Morgan fingerprint density at radius 1 is 1.06 bits per heavy atom. The topological polar surface area (TPSA) is 40.6 Å². The lowest BCUT2D eigenvalue weighted by molar-refractivity contribution is -0.123. The number of hydrogen-bond donors (Lipinski definition) is 0.